The number of benzene rings is 1. The van der Waals surface area contributed by atoms with Crippen LogP contribution in [0.5, 0.6) is 17.2 Å². The van der Waals surface area contributed by atoms with Gasteiger partial charge in [-0.25, -0.2) is 0 Å². The van der Waals surface area contributed by atoms with Crippen LogP contribution in [0.3, 0.4) is 0 Å². The fraction of sp³-hybridized carbons (Fsp3) is 0.500. The van der Waals surface area contributed by atoms with Crippen LogP contribution in [0, 0.1) is 0 Å². The Bertz CT molecular complexity index is 410. The predicted octanol–water partition coefficient (Wildman–Crippen LogP) is 2.59. The van der Waals surface area contributed by atoms with Crippen molar-refractivity contribution in [2.75, 3.05) is 21.3 Å². The van der Waals surface area contributed by atoms with E-state index in [-0.39, 0.29) is 0 Å². The molecule has 0 spiro atoms. The lowest BCUT2D eigenvalue weighted by Crippen LogP contribution is -2.18. The van der Waals surface area contributed by atoms with E-state index in [1.165, 1.54) is 21.3 Å². The summed E-state index contributed by atoms with van der Waals surface area (Å²) in [6.07, 6.45) is 0. The van der Waals surface area contributed by atoms with Crippen LogP contribution in [-0.2, 0) is 5.60 Å². The summed E-state index contributed by atoms with van der Waals surface area (Å²) < 4.78 is 15.6. The molecule has 1 aromatic carbocycles. The lowest BCUT2D eigenvalue weighted by molar-refractivity contribution is 0.0749. The van der Waals surface area contributed by atoms with E-state index in [0.717, 1.165) is 0 Å². The smallest absolute Gasteiger partial charge is 0.168 e. The van der Waals surface area contributed by atoms with Crippen LogP contribution in [-0.4, -0.2) is 26.4 Å². The Morgan fingerprint density at radius 3 is 1.94 bits per heavy atom. The van der Waals surface area contributed by atoms with Crippen molar-refractivity contribution in [1.29, 1.82) is 0 Å². The molecule has 0 bridgehead atoms. The molecular formula is C12H17ClO4. The summed E-state index contributed by atoms with van der Waals surface area (Å²) in [4.78, 5) is 0. The van der Waals surface area contributed by atoms with E-state index in [2.05, 4.69) is 0 Å². The zero-order valence-electron chi connectivity index (χ0n) is 10.6. The van der Waals surface area contributed by atoms with Crippen LogP contribution in [0.25, 0.3) is 0 Å². The SMILES string of the molecule is COc1cc(OC)c(OC)c(C(C)(C)O)c1Cl. The first kappa shape index (κ1) is 13.9. The molecule has 0 aliphatic carbocycles. The van der Waals surface area contributed by atoms with Gasteiger partial charge in [0.2, 0.25) is 0 Å². The van der Waals surface area contributed by atoms with Crippen LogP contribution >= 0.6 is 11.6 Å². The van der Waals surface area contributed by atoms with Gasteiger partial charge in [0.25, 0.3) is 0 Å². The van der Waals surface area contributed by atoms with Crippen molar-refractivity contribution in [3.8, 4) is 17.2 Å². The molecule has 5 heteroatoms. The number of aliphatic hydroxyl groups is 1. The minimum Gasteiger partial charge on any atom is -0.495 e. The molecule has 0 amide bonds. The van der Waals surface area contributed by atoms with Gasteiger partial charge >= 0.3 is 0 Å². The molecule has 17 heavy (non-hydrogen) atoms. The van der Waals surface area contributed by atoms with E-state index in [1.54, 1.807) is 19.9 Å². The molecule has 0 atom stereocenters. The molecule has 0 aromatic heterocycles. The molecule has 0 radical (unpaired) electrons. The van der Waals surface area contributed by atoms with Crippen LogP contribution in [0.2, 0.25) is 5.02 Å². The second-order valence-electron chi connectivity index (χ2n) is 4.06. The molecular weight excluding hydrogens is 244 g/mol. The number of hydrogen-bond donors (Lipinski definition) is 1. The maximum atomic E-state index is 10.1. The molecule has 0 heterocycles. The number of ether oxygens (including phenoxy) is 3. The Balaban J connectivity index is 3.62. The molecule has 1 rings (SSSR count). The van der Waals surface area contributed by atoms with Gasteiger partial charge < -0.3 is 19.3 Å². The van der Waals surface area contributed by atoms with Gasteiger partial charge in [-0.05, 0) is 13.8 Å². The molecule has 1 aromatic rings. The normalized spacial score (nSPS) is 11.2. The van der Waals surface area contributed by atoms with Gasteiger partial charge in [-0.2, -0.15) is 0 Å². The van der Waals surface area contributed by atoms with Crippen LogP contribution in [0.1, 0.15) is 19.4 Å². The van der Waals surface area contributed by atoms with Crippen molar-refractivity contribution in [2.24, 2.45) is 0 Å². The number of hydrogen-bond acceptors (Lipinski definition) is 4. The summed E-state index contributed by atoms with van der Waals surface area (Å²) in [7, 11) is 4.51. The van der Waals surface area contributed by atoms with E-state index in [0.29, 0.717) is 27.8 Å². The first-order chi connectivity index (χ1) is 7.86. The lowest BCUT2D eigenvalue weighted by atomic mass is 9.96. The van der Waals surface area contributed by atoms with Gasteiger partial charge in [0, 0.05) is 6.07 Å². The minimum atomic E-state index is -1.16. The number of halogens is 1. The largest absolute Gasteiger partial charge is 0.495 e. The fourth-order valence-corrected chi connectivity index (χ4v) is 2.09. The number of rotatable bonds is 4. The summed E-state index contributed by atoms with van der Waals surface area (Å²) in [6.45, 7) is 3.24. The molecule has 96 valence electrons. The van der Waals surface area contributed by atoms with E-state index < -0.39 is 5.60 Å². The molecule has 0 aliphatic rings. The van der Waals surface area contributed by atoms with E-state index in [9.17, 15) is 5.11 Å². The average Bonchev–Trinajstić information content (AvgIpc) is 2.26. The van der Waals surface area contributed by atoms with Crippen molar-refractivity contribution in [1.82, 2.24) is 0 Å². The second kappa shape index (κ2) is 5.02. The Labute approximate surface area is 106 Å². The minimum absolute atomic E-state index is 0.317. The second-order valence-corrected chi connectivity index (χ2v) is 4.44. The van der Waals surface area contributed by atoms with Gasteiger partial charge in [-0.1, -0.05) is 11.6 Å². The first-order valence-corrected chi connectivity index (χ1v) is 5.46. The quantitative estimate of drug-likeness (QED) is 0.904. The summed E-state index contributed by atoms with van der Waals surface area (Å²) >= 11 is 6.19. The maximum absolute atomic E-state index is 10.1. The standard InChI is InChI=1S/C12H17ClO4/c1-12(2,14)9-10(13)7(15-3)6-8(16-4)11(9)17-5/h6,14H,1-5H3. The van der Waals surface area contributed by atoms with Gasteiger partial charge in [-0.15, -0.1) is 0 Å². The molecule has 0 aliphatic heterocycles. The zero-order chi connectivity index (χ0) is 13.2. The summed E-state index contributed by atoms with van der Waals surface area (Å²) in [6, 6.07) is 1.62. The molecule has 0 saturated carbocycles. The van der Waals surface area contributed by atoms with Gasteiger partial charge in [-0.3, -0.25) is 0 Å². The monoisotopic (exact) mass is 260 g/mol. The first-order valence-electron chi connectivity index (χ1n) is 5.08. The van der Waals surface area contributed by atoms with E-state index in [1.807, 2.05) is 0 Å². The van der Waals surface area contributed by atoms with Crippen molar-refractivity contribution in [3.63, 3.8) is 0 Å². The molecule has 0 saturated heterocycles. The maximum Gasteiger partial charge on any atom is 0.168 e. The van der Waals surface area contributed by atoms with Gasteiger partial charge in [0.05, 0.1) is 37.5 Å². The van der Waals surface area contributed by atoms with Crippen LogP contribution in [0.15, 0.2) is 6.07 Å². The van der Waals surface area contributed by atoms with Crippen molar-refractivity contribution < 1.29 is 19.3 Å². The molecule has 0 unspecified atom stereocenters. The molecule has 1 N–H and O–H groups in total. The third kappa shape index (κ3) is 2.58. The summed E-state index contributed by atoms with van der Waals surface area (Å²) in [5.74, 6) is 1.30. The van der Waals surface area contributed by atoms with E-state index in [4.69, 9.17) is 25.8 Å². The van der Waals surface area contributed by atoms with E-state index >= 15 is 0 Å². The third-order valence-corrected chi connectivity index (χ3v) is 2.78. The van der Waals surface area contributed by atoms with Gasteiger partial charge in [0.15, 0.2) is 11.5 Å². The highest BCUT2D eigenvalue weighted by Gasteiger charge is 2.29. The summed E-state index contributed by atoms with van der Waals surface area (Å²) in [5.41, 5.74) is -0.720. The third-order valence-electron chi connectivity index (χ3n) is 2.40. The topological polar surface area (TPSA) is 47.9 Å². The fourth-order valence-electron chi connectivity index (χ4n) is 1.64. The lowest BCUT2D eigenvalue weighted by Gasteiger charge is -2.24. The molecule has 0 fully saturated rings. The Morgan fingerprint density at radius 2 is 1.59 bits per heavy atom. The molecule has 4 nitrogen and oxygen atoms in total. The van der Waals surface area contributed by atoms with Crippen molar-refractivity contribution in [2.45, 2.75) is 19.4 Å². The zero-order valence-corrected chi connectivity index (χ0v) is 11.4. The Morgan fingerprint density at radius 1 is 1.06 bits per heavy atom. The van der Waals surface area contributed by atoms with Crippen LogP contribution in [0.4, 0.5) is 0 Å². The Kier molecular flexibility index (Phi) is 4.11. The Hall–Kier alpha value is -1.13. The number of methoxy groups -OCH3 is 3. The highest BCUT2D eigenvalue weighted by Crippen LogP contribution is 2.46. The highest BCUT2D eigenvalue weighted by molar-refractivity contribution is 6.33. The van der Waals surface area contributed by atoms with Gasteiger partial charge in [0.1, 0.15) is 5.75 Å². The van der Waals surface area contributed by atoms with Crippen molar-refractivity contribution in [3.05, 3.63) is 16.7 Å². The summed E-state index contributed by atoms with van der Waals surface area (Å²) in [5, 5.41) is 10.5. The average molecular weight is 261 g/mol. The van der Waals surface area contributed by atoms with Crippen LogP contribution < -0.4 is 14.2 Å². The highest BCUT2D eigenvalue weighted by atomic mass is 35.5. The predicted molar refractivity (Wildman–Crippen MR) is 66.4 cm³/mol. The van der Waals surface area contributed by atoms with Crippen molar-refractivity contribution >= 4 is 11.6 Å².